The molecule has 0 aliphatic rings. The maximum Gasteiger partial charge on any atom is 0.234 e. The van der Waals surface area contributed by atoms with Gasteiger partial charge in [-0.05, 0) is 23.8 Å². The molecule has 0 spiro atoms. The number of hydrogen-bond donors (Lipinski definition) is 0. The van der Waals surface area contributed by atoms with Crippen LogP contribution in [-0.4, -0.2) is 34.0 Å². The summed E-state index contributed by atoms with van der Waals surface area (Å²) in [6.45, 7) is 0. The molecule has 0 N–H and O–H groups in total. The van der Waals surface area contributed by atoms with Crippen LogP contribution in [0.4, 0.5) is 4.39 Å². The van der Waals surface area contributed by atoms with Gasteiger partial charge in [-0.25, -0.2) is 4.39 Å². The average Bonchev–Trinajstić information content (AvgIpc) is 3.24. The molecule has 0 bridgehead atoms. The van der Waals surface area contributed by atoms with Crippen molar-refractivity contribution in [1.29, 1.82) is 0 Å². The third-order valence-electron chi connectivity index (χ3n) is 4.00. The second kappa shape index (κ2) is 6.72. The van der Waals surface area contributed by atoms with E-state index >= 15 is 0 Å². The summed E-state index contributed by atoms with van der Waals surface area (Å²) in [6, 6.07) is 12.2. The number of nitrogens with zero attached hydrogens (tertiary/aromatic N) is 4. The molecule has 0 unspecified atom stereocenters. The summed E-state index contributed by atoms with van der Waals surface area (Å²) in [4.78, 5) is 0.635. The van der Waals surface area contributed by atoms with Gasteiger partial charge in [-0.3, -0.25) is 0 Å². The van der Waals surface area contributed by atoms with E-state index in [0.717, 1.165) is 10.6 Å². The maximum absolute atomic E-state index is 13.9. The molecule has 4 aromatic rings. The van der Waals surface area contributed by atoms with Crippen LogP contribution in [-0.2, 0) is 6.42 Å². The first-order valence-electron chi connectivity index (χ1n) is 7.87. The van der Waals surface area contributed by atoms with Gasteiger partial charge < -0.3 is 9.47 Å². The molecule has 132 valence electrons. The van der Waals surface area contributed by atoms with Crippen LogP contribution in [0.5, 0.6) is 11.5 Å². The van der Waals surface area contributed by atoms with Crippen LogP contribution in [0.2, 0.25) is 0 Å². The van der Waals surface area contributed by atoms with Crippen molar-refractivity contribution in [2.75, 3.05) is 14.2 Å². The molecule has 6 nitrogen and oxygen atoms in total. The van der Waals surface area contributed by atoms with Gasteiger partial charge >= 0.3 is 0 Å². The van der Waals surface area contributed by atoms with E-state index in [-0.39, 0.29) is 5.82 Å². The normalized spacial score (nSPS) is 11.0. The fourth-order valence-electron chi connectivity index (χ4n) is 2.74. The molecule has 0 aliphatic carbocycles. The van der Waals surface area contributed by atoms with Gasteiger partial charge in [0.2, 0.25) is 4.96 Å². The average molecular weight is 370 g/mol. The van der Waals surface area contributed by atoms with E-state index in [1.165, 1.54) is 17.4 Å². The number of fused-ring (bicyclic) bond motifs is 1. The molecule has 0 fully saturated rings. The van der Waals surface area contributed by atoms with Gasteiger partial charge in [-0.15, -0.1) is 10.2 Å². The summed E-state index contributed by atoms with van der Waals surface area (Å²) >= 11 is 1.38. The van der Waals surface area contributed by atoms with Crippen molar-refractivity contribution in [3.63, 3.8) is 0 Å². The van der Waals surface area contributed by atoms with Crippen molar-refractivity contribution in [2.24, 2.45) is 0 Å². The van der Waals surface area contributed by atoms with Crippen LogP contribution in [0.25, 0.3) is 15.5 Å². The molecular formula is C18H15FN4O2S. The Kier molecular flexibility index (Phi) is 4.26. The third kappa shape index (κ3) is 2.78. The van der Waals surface area contributed by atoms with E-state index < -0.39 is 0 Å². The molecule has 0 saturated heterocycles. The Hall–Kier alpha value is -3.00. The highest BCUT2D eigenvalue weighted by atomic mass is 32.1. The van der Waals surface area contributed by atoms with Gasteiger partial charge in [-0.1, -0.05) is 35.6 Å². The molecule has 0 amide bonds. The summed E-state index contributed by atoms with van der Waals surface area (Å²) in [6.07, 6.45) is 0.312. The van der Waals surface area contributed by atoms with Gasteiger partial charge in [-0.2, -0.15) is 9.61 Å². The molecule has 8 heteroatoms. The number of halogens is 1. The zero-order valence-corrected chi connectivity index (χ0v) is 15.0. The number of hydrogen-bond acceptors (Lipinski definition) is 6. The quantitative estimate of drug-likeness (QED) is 0.537. The largest absolute Gasteiger partial charge is 0.493 e. The maximum atomic E-state index is 13.9. The Morgan fingerprint density at radius 3 is 2.65 bits per heavy atom. The van der Waals surface area contributed by atoms with Gasteiger partial charge in [0.25, 0.3) is 0 Å². The van der Waals surface area contributed by atoms with Crippen molar-refractivity contribution in [2.45, 2.75) is 6.42 Å². The third-order valence-corrected chi connectivity index (χ3v) is 4.93. The number of aromatic nitrogens is 4. The van der Waals surface area contributed by atoms with Crippen LogP contribution < -0.4 is 9.47 Å². The zero-order chi connectivity index (χ0) is 18.1. The van der Waals surface area contributed by atoms with Crippen LogP contribution in [0, 0.1) is 5.82 Å². The predicted octanol–water partition coefficient (Wildman–Crippen LogP) is 3.60. The molecule has 4 rings (SSSR count). The Morgan fingerprint density at radius 1 is 1.04 bits per heavy atom. The minimum Gasteiger partial charge on any atom is -0.493 e. The summed E-state index contributed by atoms with van der Waals surface area (Å²) < 4.78 is 26.4. The van der Waals surface area contributed by atoms with Crippen molar-refractivity contribution < 1.29 is 13.9 Å². The summed E-state index contributed by atoms with van der Waals surface area (Å²) in [5.74, 6) is 1.54. The van der Waals surface area contributed by atoms with Gasteiger partial charge in [0.1, 0.15) is 5.82 Å². The lowest BCUT2D eigenvalue weighted by Crippen LogP contribution is -2.00. The molecular weight excluding hydrogens is 355 g/mol. The van der Waals surface area contributed by atoms with E-state index in [9.17, 15) is 4.39 Å². The number of rotatable bonds is 5. The molecule has 0 aliphatic heterocycles. The van der Waals surface area contributed by atoms with E-state index in [1.54, 1.807) is 36.9 Å². The van der Waals surface area contributed by atoms with Crippen molar-refractivity contribution in [3.05, 3.63) is 59.7 Å². The highest BCUT2D eigenvalue weighted by molar-refractivity contribution is 7.19. The lowest BCUT2D eigenvalue weighted by molar-refractivity contribution is 0.356. The smallest absolute Gasteiger partial charge is 0.234 e. The first-order chi connectivity index (χ1) is 12.7. The Labute approximate surface area is 152 Å². The van der Waals surface area contributed by atoms with Gasteiger partial charge in [0.15, 0.2) is 22.3 Å². The zero-order valence-electron chi connectivity index (χ0n) is 14.1. The minimum atomic E-state index is -0.269. The van der Waals surface area contributed by atoms with E-state index in [2.05, 4.69) is 15.3 Å². The number of benzene rings is 2. The van der Waals surface area contributed by atoms with Crippen molar-refractivity contribution in [1.82, 2.24) is 19.8 Å². The Bertz CT molecular complexity index is 1080. The minimum absolute atomic E-state index is 0.269. The molecule has 2 aromatic carbocycles. The predicted molar refractivity (Wildman–Crippen MR) is 96.4 cm³/mol. The van der Waals surface area contributed by atoms with Gasteiger partial charge in [0, 0.05) is 6.42 Å². The first-order valence-corrected chi connectivity index (χ1v) is 8.68. The topological polar surface area (TPSA) is 61.5 Å². The number of para-hydroxylation sites is 1. The standard InChI is InChI=1S/C18H15FN4O2S/c1-24-14-9-5-7-12(16(14)25-2)17-22-23-15(20-21-18(23)26-17)10-11-6-3-4-8-13(11)19/h3-9H,10H2,1-2H3. The van der Waals surface area contributed by atoms with Crippen LogP contribution >= 0.6 is 11.3 Å². The molecule has 0 saturated carbocycles. The van der Waals surface area contributed by atoms with Gasteiger partial charge in [0.05, 0.1) is 19.8 Å². The highest BCUT2D eigenvalue weighted by Crippen LogP contribution is 2.39. The van der Waals surface area contributed by atoms with E-state index in [4.69, 9.17) is 9.47 Å². The second-order valence-electron chi connectivity index (χ2n) is 5.53. The summed E-state index contributed by atoms with van der Waals surface area (Å²) in [5, 5.41) is 13.6. The lowest BCUT2D eigenvalue weighted by atomic mass is 10.1. The molecule has 2 heterocycles. The fraction of sp³-hybridized carbons (Fsp3) is 0.167. The van der Waals surface area contributed by atoms with Crippen LogP contribution in [0.15, 0.2) is 42.5 Å². The summed E-state index contributed by atoms with van der Waals surface area (Å²) in [5.41, 5.74) is 1.36. The molecule has 26 heavy (non-hydrogen) atoms. The number of methoxy groups -OCH3 is 2. The SMILES string of the molecule is COc1cccc(-c2nn3c(Cc4ccccc4F)nnc3s2)c1OC. The second-order valence-corrected chi connectivity index (χ2v) is 6.48. The number of ether oxygens (including phenoxy) is 2. The molecule has 0 atom stereocenters. The highest BCUT2D eigenvalue weighted by Gasteiger charge is 2.18. The summed E-state index contributed by atoms with van der Waals surface area (Å²) in [7, 11) is 3.18. The Balaban J connectivity index is 1.76. The van der Waals surface area contributed by atoms with Crippen LogP contribution in [0.3, 0.4) is 0 Å². The van der Waals surface area contributed by atoms with Crippen molar-refractivity contribution in [3.8, 4) is 22.1 Å². The van der Waals surface area contributed by atoms with Crippen LogP contribution in [0.1, 0.15) is 11.4 Å². The lowest BCUT2D eigenvalue weighted by Gasteiger charge is -2.10. The fourth-order valence-corrected chi connectivity index (χ4v) is 3.62. The monoisotopic (exact) mass is 370 g/mol. The molecule has 0 radical (unpaired) electrons. The molecule has 2 aromatic heterocycles. The Morgan fingerprint density at radius 2 is 1.88 bits per heavy atom. The van der Waals surface area contributed by atoms with E-state index in [1.807, 2.05) is 18.2 Å². The first kappa shape index (κ1) is 16.5. The van der Waals surface area contributed by atoms with E-state index in [0.29, 0.717) is 34.3 Å². The van der Waals surface area contributed by atoms with Crippen molar-refractivity contribution >= 4 is 16.3 Å².